The molecule has 0 amide bonds. The van der Waals surface area contributed by atoms with Gasteiger partial charge in [-0.15, -0.1) is 11.3 Å². The predicted octanol–water partition coefficient (Wildman–Crippen LogP) is 0.885. The first-order valence-electron chi connectivity index (χ1n) is 4.45. The minimum atomic E-state index is -0.866. The van der Waals surface area contributed by atoms with Crippen LogP contribution in [0.1, 0.15) is 21.7 Å². The second-order valence-corrected chi connectivity index (χ2v) is 3.92. The Morgan fingerprint density at radius 2 is 2.43 bits per heavy atom. The lowest BCUT2D eigenvalue weighted by Gasteiger charge is -1.99. The maximum atomic E-state index is 10.6. The van der Waals surface area contributed by atoms with E-state index >= 15 is 0 Å². The summed E-state index contributed by atoms with van der Waals surface area (Å²) in [5.74, 6) is -0.866. The smallest absolute Gasteiger partial charge is 0.336 e. The van der Waals surface area contributed by atoms with Crippen LogP contribution in [0.2, 0.25) is 0 Å². The highest BCUT2D eigenvalue weighted by Gasteiger charge is 2.05. The van der Waals surface area contributed by atoms with E-state index < -0.39 is 5.97 Å². The lowest BCUT2D eigenvalue weighted by atomic mass is 10.3. The summed E-state index contributed by atoms with van der Waals surface area (Å²) in [4.78, 5) is 11.6. The zero-order chi connectivity index (χ0) is 10.4. The summed E-state index contributed by atoms with van der Waals surface area (Å²) >= 11 is 1.46. The molecular weight excluding hydrogens is 200 g/mol. The van der Waals surface area contributed by atoms with Crippen molar-refractivity contribution in [2.24, 2.45) is 5.73 Å². The van der Waals surface area contributed by atoms with Crippen molar-refractivity contribution in [1.82, 2.24) is 5.32 Å². The second kappa shape index (κ2) is 5.74. The Bertz CT molecular complexity index is 299. The van der Waals surface area contributed by atoms with Gasteiger partial charge < -0.3 is 16.2 Å². The van der Waals surface area contributed by atoms with Gasteiger partial charge in [0.25, 0.3) is 0 Å². The van der Waals surface area contributed by atoms with Crippen LogP contribution >= 0.6 is 11.3 Å². The van der Waals surface area contributed by atoms with Crippen LogP contribution in [0.5, 0.6) is 0 Å². The van der Waals surface area contributed by atoms with E-state index in [1.165, 1.54) is 11.3 Å². The maximum absolute atomic E-state index is 10.6. The SMILES string of the molecule is NCCCNCc1cc(C(=O)O)cs1. The van der Waals surface area contributed by atoms with E-state index in [1.54, 1.807) is 11.4 Å². The molecule has 4 nitrogen and oxygen atoms in total. The van der Waals surface area contributed by atoms with Crippen LogP contribution in [0, 0.1) is 0 Å². The molecule has 1 aromatic rings. The van der Waals surface area contributed by atoms with Crippen molar-refractivity contribution in [2.75, 3.05) is 13.1 Å². The summed E-state index contributed by atoms with van der Waals surface area (Å²) in [6.45, 7) is 2.27. The van der Waals surface area contributed by atoms with Crippen LogP contribution in [0.3, 0.4) is 0 Å². The second-order valence-electron chi connectivity index (χ2n) is 2.93. The van der Waals surface area contributed by atoms with Crippen molar-refractivity contribution in [3.63, 3.8) is 0 Å². The first kappa shape index (κ1) is 11.2. The molecule has 0 saturated heterocycles. The van der Waals surface area contributed by atoms with Gasteiger partial charge in [0, 0.05) is 16.8 Å². The quantitative estimate of drug-likeness (QED) is 0.615. The van der Waals surface area contributed by atoms with Crippen molar-refractivity contribution in [2.45, 2.75) is 13.0 Å². The number of thiophene rings is 1. The monoisotopic (exact) mass is 214 g/mol. The average molecular weight is 214 g/mol. The third-order valence-corrected chi connectivity index (χ3v) is 2.69. The molecule has 5 heteroatoms. The van der Waals surface area contributed by atoms with E-state index in [0.29, 0.717) is 12.1 Å². The number of rotatable bonds is 6. The average Bonchev–Trinajstić information content (AvgIpc) is 2.61. The first-order valence-corrected chi connectivity index (χ1v) is 5.33. The number of nitrogens with one attached hydrogen (secondary N) is 1. The van der Waals surface area contributed by atoms with Crippen LogP contribution in [0.15, 0.2) is 11.4 Å². The Balaban J connectivity index is 2.33. The van der Waals surface area contributed by atoms with E-state index in [9.17, 15) is 4.79 Å². The van der Waals surface area contributed by atoms with Gasteiger partial charge >= 0.3 is 5.97 Å². The number of hydrogen-bond donors (Lipinski definition) is 3. The highest BCUT2D eigenvalue weighted by Crippen LogP contribution is 2.14. The van der Waals surface area contributed by atoms with Gasteiger partial charge in [-0.3, -0.25) is 0 Å². The topological polar surface area (TPSA) is 75.3 Å². The molecule has 0 aliphatic heterocycles. The summed E-state index contributed by atoms with van der Waals surface area (Å²) in [7, 11) is 0. The van der Waals surface area contributed by atoms with Crippen molar-refractivity contribution in [3.05, 3.63) is 21.9 Å². The van der Waals surface area contributed by atoms with Crippen molar-refractivity contribution in [3.8, 4) is 0 Å². The van der Waals surface area contributed by atoms with Crippen LogP contribution in [0.25, 0.3) is 0 Å². The first-order chi connectivity index (χ1) is 6.74. The largest absolute Gasteiger partial charge is 0.478 e. The van der Waals surface area contributed by atoms with E-state index in [2.05, 4.69) is 5.32 Å². The van der Waals surface area contributed by atoms with E-state index in [4.69, 9.17) is 10.8 Å². The highest BCUT2D eigenvalue weighted by molar-refractivity contribution is 7.10. The molecule has 0 spiro atoms. The molecule has 0 atom stereocenters. The summed E-state index contributed by atoms with van der Waals surface area (Å²) in [6, 6.07) is 1.70. The van der Waals surface area contributed by atoms with Crippen LogP contribution in [0.4, 0.5) is 0 Å². The molecule has 0 saturated carbocycles. The number of hydrogen-bond acceptors (Lipinski definition) is 4. The molecule has 0 aliphatic carbocycles. The lowest BCUT2D eigenvalue weighted by molar-refractivity contribution is 0.0697. The number of aromatic carboxylic acids is 1. The summed E-state index contributed by atoms with van der Waals surface area (Å²) in [5, 5.41) is 13.5. The molecule has 0 radical (unpaired) electrons. The summed E-state index contributed by atoms with van der Waals surface area (Å²) < 4.78 is 0. The van der Waals surface area contributed by atoms with Crippen molar-refractivity contribution >= 4 is 17.3 Å². The van der Waals surface area contributed by atoms with Crippen molar-refractivity contribution < 1.29 is 9.90 Å². The standard InChI is InChI=1S/C9H14N2O2S/c10-2-1-3-11-5-8-4-7(6-14-8)9(12)13/h4,6,11H,1-3,5,10H2,(H,12,13). The molecular formula is C9H14N2O2S. The fraction of sp³-hybridized carbons (Fsp3) is 0.444. The molecule has 0 unspecified atom stereocenters. The van der Waals surface area contributed by atoms with Gasteiger partial charge in [0.2, 0.25) is 0 Å². The van der Waals surface area contributed by atoms with Gasteiger partial charge in [0.15, 0.2) is 0 Å². The Morgan fingerprint density at radius 1 is 1.64 bits per heavy atom. The van der Waals surface area contributed by atoms with Crippen molar-refractivity contribution in [1.29, 1.82) is 0 Å². The van der Waals surface area contributed by atoms with Gasteiger partial charge in [0.1, 0.15) is 0 Å². The molecule has 0 bridgehead atoms. The maximum Gasteiger partial charge on any atom is 0.336 e. The molecule has 1 aromatic heterocycles. The fourth-order valence-electron chi connectivity index (χ4n) is 1.02. The van der Waals surface area contributed by atoms with E-state index in [-0.39, 0.29) is 0 Å². The number of carboxylic acid groups (broad SMARTS) is 1. The Hall–Kier alpha value is -0.910. The van der Waals surface area contributed by atoms with Crippen LogP contribution < -0.4 is 11.1 Å². The third kappa shape index (κ3) is 3.45. The molecule has 14 heavy (non-hydrogen) atoms. The van der Waals surface area contributed by atoms with Gasteiger partial charge in [-0.2, -0.15) is 0 Å². The van der Waals surface area contributed by atoms with Gasteiger partial charge in [-0.05, 0) is 25.6 Å². The summed E-state index contributed by atoms with van der Waals surface area (Å²) in [6.07, 6.45) is 0.942. The molecule has 0 aromatic carbocycles. The fourth-order valence-corrected chi connectivity index (χ4v) is 1.85. The molecule has 4 N–H and O–H groups in total. The van der Waals surface area contributed by atoms with Gasteiger partial charge in [-0.25, -0.2) is 4.79 Å². The Kier molecular flexibility index (Phi) is 4.58. The van der Waals surface area contributed by atoms with E-state index in [0.717, 1.165) is 24.4 Å². The predicted molar refractivity (Wildman–Crippen MR) is 56.7 cm³/mol. The van der Waals surface area contributed by atoms with Crippen LogP contribution in [-0.4, -0.2) is 24.2 Å². The summed E-state index contributed by atoms with van der Waals surface area (Å²) in [5.41, 5.74) is 5.70. The molecule has 1 heterocycles. The normalized spacial score (nSPS) is 10.4. The lowest BCUT2D eigenvalue weighted by Crippen LogP contribution is -2.17. The molecule has 1 rings (SSSR count). The third-order valence-electron chi connectivity index (χ3n) is 1.76. The molecule has 0 aliphatic rings. The zero-order valence-electron chi connectivity index (χ0n) is 7.82. The minimum Gasteiger partial charge on any atom is -0.478 e. The number of carbonyl (C=O) groups is 1. The van der Waals surface area contributed by atoms with Gasteiger partial charge in [0.05, 0.1) is 5.56 Å². The Morgan fingerprint density at radius 3 is 3.00 bits per heavy atom. The molecule has 0 fully saturated rings. The molecule has 78 valence electrons. The van der Waals surface area contributed by atoms with E-state index in [1.807, 2.05) is 0 Å². The highest BCUT2D eigenvalue weighted by atomic mass is 32.1. The van der Waals surface area contributed by atoms with Gasteiger partial charge in [-0.1, -0.05) is 0 Å². The van der Waals surface area contributed by atoms with Crippen LogP contribution in [-0.2, 0) is 6.54 Å². The number of nitrogens with two attached hydrogens (primary N) is 1. The minimum absolute atomic E-state index is 0.366. The Labute approximate surface area is 86.7 Å². The number of carboxylic acids is 1. The zero-order valence-corrected chi connectivity index (χ0v) is 8.64.